The zero-order valence-corrected chi connectivity index (χ0v) is 9.76. The number of hydrogen-bond donors (Lipinski definition) is 1. The third kappa shape index (κ3) is 1.80. The quantitative estimate of drug-likeness (QED) is 0.817. The van der Waals surface area contributed by atoms with Crippen molar-refractivity contribution >= 4 is 5.95 Å². The van der Waals surface area contributed by atoms with Crippen molar-refractivity contribution in [3.63, 3.8) is 0 Å². The molecule has 6 heteroatoms. The van der Waals surface area contributed by atoms with Gasteiger partial charge in [-0.25, -0.2) is 0 Å². The Labute approximate surface area is 99.2 Å². The fourth-order valence-corrected chi connectivity index (χ4v) is 2.08. The van der Waals surface area contributed by atoms with E-state index in [-0.39, 0.29) is 0 Å². The van der Waals surface area contributed by atoms with Gasteiger partial charge in [0, 0.05) is 33.2 Å². The number of aromatic nitrogens is 3. The van der Waals surface area contributed by atoms with Gasteiger partial charge in [0.1, 0.15) is 0 Å². The molecule has 1 saturated heterocycles. The highest BCUT2D eigenvalue weighted by molar-refractivity contribution is 5.50. The van der Waals surface area contributed by atoms with E-state index in [4.69, 9.17) is 4.42 Å². The number of piperazine rings is 1. The average molecular weight is 233 g/mol. The summed E-state index contributed by atoms with van der Waals surface area (Å²) in [7, 11) is 1.97. The molecule has 1 fully saturated rings. The van der Waals surface area contributed by atoms with Crippen LogP contribution in [0.4, 0.5) is 5.95 Å². The lowest BCUT2D eigenvalue weighted by atomic mass is 10.4. The standard InChI is InChI=1S/C11H15N5O/c1-15-10(9-3-2-8-17-9)13-14-11(15)16-6-4-12-5-7-16/h2-3,8,12H,4-7H2,1H3. The van der Waals surface area contributed by atoms with E-state index in [1.807, 2.05) is 23.7 Å². The highest BCUT2D eigenvalue weighted by Crippen LogP contribution is 2.21. The lowest BCUT2D eigenvalue weighted by Gasteiger charge is -2.27. The fraction of sp³-hybridized carbons (Fsp3) is 0.455. The summed E-state index contributed by atoms with van der Waals surface area (Å²) in [6, 6.07) is 3.75. The molecule has 3 rings (SSSR count). The Kier molecular flexibility index (Phi) is 2.56. The van der Waals surface area contributed by atoms with Crippen LogP contribution in [-0.4, -0.2) is 40.9 Å². The summed E-state index contributed by atoms with van der Waals surface area (Å²) < 4.78 is 7.32. The monoisotopic (exact) mass is 233 g/mol. The lowest BCUT2D eigenvalue weighted by Crippen LogP contribution is -2.44. The van der Waals surface area contributed by atoms with Gasteiger partial charge >= 0.3 is 0 Å². The fourth-order valence-electron chi connectivity index (χ4n) is 2.08. The van der Waals surface area contributed by atoms with Crippen molar-refractivity contribution in [1.29, 1.82) is 0 Å². The minimum atomic E-state index is 0.751. The van der Waals surface area contributed by atoms with Crippen molar-refractivity contribution in [2.45, 2.75) is 0 Å². The third-order valence-corrected chi connectivity index (χ3v) is 2.99. The first kappa shape index (κ1) is 10.3. The van der Waals surface area contributed by atoms with Gasteiger partial charge in [0.2, 0.25) is 11.8 Å². The van der Waals surface area contributed by atoms with Crippen molar-refractivity contribution in [3.8, 4) is 11.6 Å². The molecule has 1 N–H and O–H groups in total. The maximum absolute atomic E-state index is 5.35. The van der Waals surface area contributed by atoms with E-state index in [9.17, 15) is 0 Å². The molecule has 0 unspecified atom stereocenters. The van der Waals surface area contributed by atoms with Crippen LogP contribution < -0.4 is 10.2 Å². The second kappa shape index (κ2) is 4.21. The summed E-state index contributed by atoms with van der Waals surface area (Å²) in [6.45, 7) is 3.90. The smallest absolute Gasteiger partial charge is 0.227 e. The maximum atomic E-state index is 5.35. The van der Waals surface area contributed by atoms with E-state index in [0.29, 0.717) is 0 Å². The number of hydrogen-bond acceptors (Lipinski definition) is 5. The molecular weight excluding hydrogens is 218 g/mol. The predicted molar refractivity (Wildman–Crippen MR) is 63.8 cm³/mol. The van der Waals surface area contributed by atoms with Crippen LogP contribution in [0.2, 0.25) is 0 Å². The molecule has 17 heavy (non-hydrogen) atoms. The van der Waals surface area contributed by atoms with Crippen molar-refractivity contribution in [2.75, 3.05) is 31.1 Å². The van der Waals surface area contributed by atoms with E-state index in [0.717, 1.165) is 43.7 Å². The Bertz CT molecular complexity index is 484. The zero-order chi connectivity index (χ0) is 11.7. The Morgan fingerprint density at radius 3 is 2.82 bits per heavy atom. The number of nitrogens with zero attached hydrogens (tertiary/aromatic N) is 4. The second-order valence-corrected chi connectivity index (χ2v) is 4.10. The SMILES string of the molecule is Cn1c(-c2ccco2)nnc1N1CCNCC1. The molecule has 0 aliphatic carbocycles. The first-order valence-corrected chi connectivity index (χ1v) is 5.75. The summed E-state index contributed by atoms with van der Waals surface area (Å²) in [5.41, 5.74) is 0. The number of nitrogens with one attached hydrogen (secondary N) is 1. The van der Waals surface area contributed by atoms with Crippen LogP contribution in [-0.2, 0) is 7.05 Å². The van der Waals surface area contributed by atoms with Gasteiger partial charge in [-0.2, -0.15) is 0 Å². The number of furan rings is 1. The van der Waals surface area contributed by atoms with Crippen molar-refractivity contribution in [3.05, 3.63) is 18.4 Å². The van der Waals surface area contributed by atoms with E-state index in [1.165, 1.54) is 0 Å². The Hall–Kier alpha value is -1.82. The molecule has 0 aromatic carbocycles. The van der Waals surface area contributed by atoms with Gasteiger partial charge in [0.05, 0.1) is 6.26 Å². The summed E-state index contributed by atoms with van der Waals surface area (Å²) in [4.78, 5) is 2.23. The van der Waals surface area contributed by atoms with Crippen molar-refractivity contribution in [2.24, 2.45) is 7.05 Å². The normalized spacial score (nSPS) is 16.4. The van der Waals surface area contributed by atoms with Gasteiger partial charge in [0.15, 0.2) is 5.76 Å². The van der Waals surface area contributed by atoms with Crippen LogP contribution in [0.3, 0.4) is 0 Å². The maximum Gasteiger partial charge on any atom is 0.227 e. The first-order chi connectivity index (χ1) is 8.36. The molecule has 0 saturated carbocycles. The number of rotatable bonds is 2. The molecule has 0 atom stereocenters. The largest absolute Gasteiger partial charge is 0.461 e. The van der Waals surface area contributed by atoms with Crippen LogP contribution in [0.25, 0.3) is 11.6 Å². The minimum absolute atomic E-state index is 0.751. The molecule has 3 heterocycles. The molecule has 0 bridgehead atoms. The minimum Gasteiger partial charge on any atom is -0.461 e. The van der Waals surface area contributed by atoms with Crippen molar-refractivity contribution in [1.82, 2.24) is 20.1 Å². The lowest BCUT2D eigenvalue weighted by molar-refractivity contribution is 0.566. The molecule has 2 aromatic rings. The molecule has 1 aliphatic heterocycles. The summed E-state index contributed by atoms with van der Waals surface area (Å²) in [6.07, 6.45) is 1.65. The molecule has 0 radical (unpaired) electrons. The second-order valence-electron chi connectivity index (χ2n) is 4.10. The average Bonchev–Trinajstić information content (AvgIpc) is 2.99. The van der Waals surface area contributed by atoms with Crippen LogP contribution in [0.5, 0.6) is 0 Å². The van der Waals surface area contributed by atoms with Gasteiger partial charge in [-0.1, -0.05) is 0 Å². The number of anilines is 1. The van der Waals surface area contributed by atoms with E-state index in [1.54, 1.807) is 6.26 Å². The van der Waals surface area contributed by atoms with Crippen LogP contribution >= 0.6 is 0 Å². The molecule has 0 spiro atoms. The summed E-state index contributed by atoms with van der Waals surface area (Å²) >= 11 is 0. The van der Waals surface area contributed by atoms with Gasteiger partial charge in [-0.15, -0.1) is 10.2 Å². The third-order valence-electron chi connectivity index (χ3n) is 2.99. The van der Waals surface area contributed by atoms with Crippen LogP contribution in [0.1, 0.15) is 0 Å². The topological polar surface area (TPSA) is 59.1 Å². The highest BCUT2D eigenvalue weighted by Gasteiger charge is 2.19. The van der Waals surface area contributed by atoms with E-state index < -0.39 is 0 Å². The van der Waals surface area contributed by atoms with E-state index in [2.05, 4.69) is 20.4 Å². The zero-order valence-electron chi connectivity index (χ0n) is 9.76. The molecule has 1 aliphatic rings. The highest BCUT2D eigenvalue weighted by atomic mass is 16.3. The Morgan fingerprint density at radius 1 is 1.29 bits per heavy atom. The molecule has 90 valence electrons. The van der Waals surface area contributed by atoms with Gasteiger partial charge < -0.3 is 14.6 Å². The Balaban J connectivity index is 1.92. The van der Waals surface area contributed by atoms with Gasteiger partial charge in [0.25, 0.3) is 0 Å². The van der Waals surface area contributed by atoms with Crippen LogP contribution in [0.15, 0.2) is 22.8 Å². The first-order valence-electron chi connectivity index (χ1n) is 5.75. The molecular formula is C11H15N5O. The summed E-state index contributed by atoms with van der Waals surface area (Å²) in [5, 5.41) is 11.8. The Morgan fingerprint density at radius 2 is 2.12 bits per heavy atom. The molecule has 2 aromatic heterocycles. The van der Waals surface area contributed by atoms with Crippen LogP contribution in [0, 0.1) is 0 Å². The van der Waals surface area contributed by atoms with Gasteiger partial charge in [-0.05, 0) is 12.1 Å². The van der Waals surface area contributed by atoms with Gasteiger partial charge in [-0.3, -0.25) is 4.57 Å². The van der Waals surface area contributed by atoms with E-state index >= 15 is 0 Å². The molecule has 6 nitrogen and oxygen atoms in total. The van der Waals surface area contributed by atoms with Crippen molar-refractivity contribution < 1.29 is 4.42 Å². The molecule has 0 amide bonds. The summed E-state index contributed by atoms with van der Waals surface area (Å²) in [5.74, 6) is 2.42. The predicted octanol–water partition coefficient (Wildman–Crippen LogP) is 0.485.